The highest BCUT2D eigenvalue weighted by Gasteiger charge is 2.42. The van der Waals surface area contributed by atoms with Gasteiger partial charge < -0.3 is 15.3 Å². The maximum Gasteiger partial charge on any atom is 0.227 e. The summed E-state index contributed by atoms with van der Waals surface area (Å²) < 4.78 is 0. The van der Waals surface area contributed by atoms with E-state index in [2.05, 4.69) is 5.32 Å². The third kappa shape index (κ3) is 4.38. The van der Waals surface area contributed by atoms with Crippen LogP contribution in [-0.4, -0.2) is 29.1 Å². The highest BCUT2D eigenvalue weighted by molar-refractivity contribution is 7.10. The summed E-state index contributed by atoms with van der Waals surface area (Å²) in [6, 6.07) is 11.8. The predicted molar refractivity (Wildman–Crippen MR) is 115 cm³/mol. The number of hydrogen-bond donors (Lipinski definition) is 2. The lowest BCUT2D eigenvalue weighted by molar-refractivity contribution is -0.130. The lowest BCUT2D eigenvalue weighted by Gasteiger charge is -2.41. The molecular formula is C23H28N2O3S. The summed E-state index contributed by atoms with van der Waals surface area (Å²) in [5.41, 5.74) is 1.98. The number of nitrogens with one attached hydrogen (secondary N) is 1. The van der Waals surface area contributed by atoms with Crippen LogP contribution in [0.5, 0.6) is 0 Å². The molecule has 1 aliphatic carbocycles. The van der Waals surface area contributed by atoms with Gasteiger partial charge in [0.05, 0.1) is 18.1 Å². The molecule has 2 atom stereocenters. The van der Waals surface area contributed by atoms with E-state index in [9.17, 15) is 14.7 Å². The van der Waals surface area contributed by atoms with E-state index in [1.165, 1.54) is 0 Å². The van der Waals surface area contributed by atoms with Crippen LogP contribution in [0.4, 0.5) is 5.69 Å². The summed E-state index contributed by atoms with van der Waals surface area (Å²) in [6.07, 6.45) is 3.78. The average molecular weight is 413 g/mol. The van der Waals surface area contributed by atoms with Gasteiger partial charge in [0.15, 0.2) is 0 Å². The minimum Gasteiger partial charge on any atom is -0.393 e. The number of anilines is 1. The molecule has 2 N–H and O–H groups in total. The van der Waals surface area contributed by atoms with Crippen molar-refractivity contribution >= 4 is 28.8 Å². The zero-order valence-electron chi connectivity index (χ0n) is 16.7. The first-order valence-corrected chi connectivity index (χ1v) is 11.3. The van der Waals surface area contributed by atoms with Crippen molar-refractivity contribution in [2.45, 2.75) is 63.6 Å². The number of aliphatic hydroxyl groups is 1. The lowest BCUT2D eigenvalue weighted by atomic mass is 9.85. The predicted octanol–water partition coefficient (Wildman–Crippen LogP) is 3.96. The average Bonchev–Trinajstić information content (AvgIpc) is 3.25. The number of aryl methyl sites for hydroxylation is 1. The maximum absolute atomic E-state index is 13.3. The molecule has 4 rings (SSSR count). The van der Waals surface area contributed by atoms with Crippen molar-refractivity contribution in [2.75, 3.05) is 4.90 Å². The highest BCUT2D eigenvalue weighted by Crippen LogP contribution is 2.41. The fourth-order valence-corrected chi connectivity index (χ4v) is 5.37. The zero-order chi connectivity index (χ0) is 20.4. The molecule has 1 saturated heterocycles. The summed E-state index contributed by atoms with van der Waals surface area (Å²) in [5, 5.41) is 14.9. The number of rotatable bonds is 4. The Morgan fingerprint density at radius 3 is 2.48 bits per heavy atom. The molecule has 5 nitrogen and oxygen atoms in total. The first-order chi connectivity index (χ1) is 14.0. The van der Waals surface area contributed by atoms with Crippen LogP contribution in [-0.2, 0) is 9.59 Å². The molecule has 2 aliphatic rings. The fourth-order valence-electron chi connectivity index (χ4n) is 4.49. The van der Waals surface area contributed by atoms with Gasteiger partial charge in [0, 0.05) is 23.0 Å². The molecule has 2 fully saturated rings. The van der Waals surface area contributed by atoms with Crippen LogP contribution in [0.3, 0.4) is 0 Å². The van der Waals surface area contributed by atoms with Crippen molar-refractivity contribution in [1.82, 2.24) is 5.32 Å². The van der Waals surface area contributed by atoms with Crippen LogP contribution in [0.25, 0.3) is 0 Å². The van der Waals surface area contributed by atoms with Crippen LogP contribution in [0.15, 0.2) is 41.8 Å². The van der Waals surface area contributed by atoms with Crippen molar-refractivity contribution in [1.29, 1.82) is 0 Å². The number of benzene rings is 1. The van der Waals surface area contributed by atoms with E-state index in [1.54, 1.807) is 11.3 Å². The van der Waals surface area contributed by atoms with Gasteiger partial charge in [-0.25, -0.2) is 0 Å². The Labute approximate surface area is 175 Å². The van der Waals surface area contributed by atoms with Gasteiger partial charge >= 0.3 is 0 Å². The number of carbonyl (C=O) groups excluding carboxylic acids is 2. The summed E-state index contributed by atoms with van der Waals surface area (Å²) in [5.74, 6) is -0.189. The minimum absolute atomic E-state index is 0.0226. The summed E-state index contributed by atoms with van der Waals surface area (Å²) in [6.45, 7) is 2.02. The lowest BCUT2D eigenvalue weighted by Crippen LogP contribution is -2.50. The van der Waals surface area contributed by atoms with E-state index < -0.39 is 0 Å². The van der Waals surface area contributed by atoms with Crippen LogP contribution >= 0.6 is 11.3 Å². The molecule has 0 spiro atoms. The van der Waals surface area contributed by atoms with Crippen molar-refractivity contribution in [3.05, 3.63) is 52.2 Å². The van der Waals surface area contributed by atoms with Gasteiger partial charge in [-0.05, 0) is 62.6 Å². The van der Waals surface area contributed by atoms with Crippen LogP contribution in [0.1, 0.15) is 55.0 Å². The van der Waals surface area contributed by atoms with E-state index in [1.807, 2.05) is 53.6 Å². The number of amides is 2. The van der Waals surface area contributed by atoms with Crippen LogP contribution in [0, 0.1) is 12.8 Å². The number of nitrogens with zero attached hydrogens (tertiary/aromatic N) is 1. The molecule has 0 bridgehead atoms. The highest BCUT2D eigenvalue weighted by atomic mass is 32.1. The SMILES string of the molecule is Cc1ccc(N2C(=O)CCC(C(=O)NC3CCC(O)CC3)C2c2cccs2)cc1. The van der Waals surface area contributed by atoms with E-state index >= 15 is 0 Å². The molecule has 2 amide bonds. The first kappa shape index (κ1) is 20.1. The quantitative estimate of drug-likeness (QED) is 0.799. The molecule has 1 aromatic heterocycles. The largest absolute Gasteiger partial charge is 0.393 e. The van der Waals surface area contributed by atoms with Gasteiger partial charge in [-0.15, -0.1) is 11.3 Å². The fraction of sp³-hybridized carbons (Fsp3) is 0.478. The topological polar surface area (TPSA) is 69.6 Å². The molecule has 1 aromatic carbocycles. The second-order valence-corrected chi connectivity index (χ2v) is 9.20. The standard InChI is InChI=1S/C23H28N2O3S/c1-15-4-8-17(9-5-15)25-21(27)13-12-19(22(25)20-3-2-14-29-20)23(28)24-16-6-10-18(26)11-7-16/h2-5,8-9,14,16,18-19,22,26H,6-7,10-13H2,1H3,(H,24,28). The molecule has 6 heteroatoms. The van der Waals surface area contributed by atoms with Gasteiger partial charge in [-0.3, -0.25) is 9.59 Å². The number of piperidine rings is 1. The van der Waals surface area contributed by atoms with Crippen molar-refractivity contribution < 1.29 is 14.7 Å². The van der Waals surface area contributed by atoms with Crippen molar-refractivity contribution in [2.24, 2.45) is 5.92 Å². The molecule has 29 heavy (non-hydrogen) atoms. The molecule has 154 valence electrons. The molecule has 1 aliphatic heterocycles. The molecule has 2 unspecified atom stereocenters. The Balaban J connectivity index is 1.61. The van der Waals surface area contributed by atoms with E-state index in [-0.39, 0.29) is 35.9 Å². The van der Waals surface area contributed by atoms with Gasteiger partial charge in [0.2, 0.25) is 11.8 Å². The van der Waals surface area contributed by atoms with E-state index in [0.717, 1.165) is 41.8 Å². The number of hydrogen-bond acceptors (Lipinski definition) is 4. The first-order valence-electron chi connectivity index (χ1n) is 10.4. The van der Waals surface area contributed by atoms with Gasteiger partial charge in [0.25, 0.3) is 0 Å². The molecule has 0 radical (unpaired) electrons. The van der Waals surface area contributed by atoms with E-state index in [4.69, 9.17) is 0 Å². The Bertz CT molecular complexity index is 842. The summed E-state index contributed by atoms with van der Waals surface area (Å²) in [7, 11) is 0. The normalized spacial score (nSPS) is 27.7. The Morgan fingerprint density at radius 1 is 1.10 bits per heavy atom. The molecular weight excluding hydrogens is 384 g/mol. The smallest absolute Gasteiger partial charge is 0.227 e. The number of carbonyl (C=O) groups is 2. The monoisotopic (exact) mass is 412 g/mol. The van der Waals surface area contributed by atoms with Crippen molar-refractivity contribution in [3.63, 3.8) is 0 Å². The maximum atomic E-state index is 13.3. The second-order valence-electron chi connectivity index (χ2n) is 8.22. The number of aliphatic hydroxyl groups excluding tert-OH is 1. The molecule has 1 saturated carbocycles. The Hall–Kier alpha value is -2.18. The van der Waals surface area contributed by atoms with Crippen LogP contribution in [0.2, 0.25) is 0 Å². The summed E-state index contributed by atoms with van der Waals surface area (Å²) in [4.78, 5) is 29.1. The van der Waals surface area contributed by atoms with Gasteiger partial charge in [-0.2, -0.15) is 0 Å². The van der Waals surface area contributed by atoms with Gasteiger partial charge in [0.1, 0.15) is 0 Å². The molecule has 2 heterocycles. The van der Waals surface area contributed by atoms with Crippen molar-refractivity contribution in [3.8, 4) is 0 Å². The number of thiophene rings is 1. The second kappa shape index (κ2) is 8.67. The Morgan fingerprint density at radius 2 is 1.83 bits per heavy atom. The van der Waals surface area contributed by atoms with Gasteiger partial charge in [-0.1, -0.05) is 23.8 Å². The van der Waals surface area contributed by atoms with Crippen LogP contribution < -0.4 is 10.2 Å². The Kier molecular flexibility index (Phi) is 6.01. The molecule has 2 aromatic rings. The van der Waals surface area contributed by atoms with E-state index in [0.29, 0.717) is 12.8 Å². The minimum atomic E-state index is -0.284. The summed E-state index contributed by atoms with van der Waals surface area (Å²) >= 11 is 1.59. The third-order valence-electron chi connectivity index (χ3n) is 6.12. The zero-order valence-corrected chi connectivity index (χ0v) is 17.5. The third-order valence-corrected chi connectivity index (χ3v) is 7.07.